The van der Waals surface area contributed by atoms with Gasteiger partial charge in [-0.25, -0.2) is 0 Å². The summed E-state index contributed by atoms with van der Waals surface area (Å²) in [5.41, 5.74) is 7.36. The molecule has 0 saturated carbocycles. The van der Waals surface area contributed by atoms with Crippen LogP contribution in [0.3, 0.4) is 0 Å². The zero-order chi connectivity index (χ0) is 16.7. The topological polar surface area (TPSA) is 43.1 Å². The third kappa shape index (κ3) is 3.02. The lowest BCUT2D eigenvalue weighted by molar-refractivity contribution is -0.121. The lowest BCUT2D eigenvalue weighted by Crippen LogP contribution is -2.43. The van der Waals surface area contributed by atoms with Crippen molar-refractivity contribution in [3.8, 4) is 0 Å². The molecule has 0 fully saturated rings. The minimum atomic E-state index is -1.05. The van der Waals surface area contributed by atoms with Gasteiger partial charge >= 0.3 is 0 Å². The molecule has 2 nitrogen and oxygen atoms in total. The van der Waals surface area contributed by atoms with Gasteiger partial charge in [0, 0.05) is 0 Å². The third-order valence-electron chi connectivity index (χ3n) is 3.86. The van der Waals surface area contributed by atoms with Crippen molar-refractivity contribution >= 4 is 5.91 Å². The number of rotatable bonds is 6. The van der Waals surface area contributed by atoms with Gasteiger partial charge in [-0.1, -0.05) is 91.5 Å². The minimum absolute atomic E-state index is 0.416. The van der Waals surface area contributed by atoms with E-state index in [4.69, 9.17) is 5.73 Å². The Balaban J connectivity index is 2.89. The first-order valence-electron chi connectivity index (χ1n) is 7.54. The van der Waals surface area contributed by atoms with E-state index < -0.39 is 11.3 Å². The van der Waals surface area contributed by atoms with Gasteiger partial charge in [-0.3, -0.25) is 4.79 Å². The number of hydrogen-bond donors (Lipinski definition) is 1. The van der Waals surface area contributed by atoms with Gasteiger partial charge < -0.3 is 5.73 Å². The number of amides is 1. The van der Waals surface area contributed by atoms with Crippen LogP contribution in [0.1, 0.15) is 18.1 Å². The summed E-state index contributed by atoms with van der Waals surface area (Å²) in [7, 11) is 0. The van der Waals surface area contributed by atoms with E-state index in [9.17, 15) is 4.79 Å². The quantitative estimate of drug-likeness (QED) is 0.801. The van der Waals surface area contributed by atoms with Crippen LogP contribution in [0.5, 0.6) is 0 Å². The molecule has 2 aromatic rings. The molecule has 2 N–H and O–H groups in total. The van der Waals surface area contributed by atoms with Crippen molar-refractivity contribution in [2.75, 3.05) is 0 Å². The SMILES string of the molecule is C=C/C=C(\C=C/C)C(C(N)=O)(c1ccccc1)c1ccccc1. The molecule has 0 aliphatic carbocycles. The molecule has 1 amide bonds. The maximum Gasteiger partial charge on any atom is 0.237 e. The number of nitrogens with two attached hydrogens (primary N) is 1. The van der Waals surface area contributed by atoms with Gasteiger partial charge in [0.05, 0.1) is 0 Å². The van der Waals surface area contributed by atoms with Crippen LogP contribution in [0.15, 0.2) is 97.1 Å². The standard InChI is InChI=1S/C21H21NO/c1-3-11-17(12-4-2)21(20(22)23,18-13-7-5-8-14-18)19-15-9-6-10-16-19/h3-16H,1H2,2H3,(H2,22,23)/b12-4-,17-11+. The first kappa shape index (κ1) is 16.5. The molecule has 0 saturated heterocycles. The lowest BCUT2D eigenvalue weighted by Gasteiger charge is -2.33. The summed E-state index contributed by atoms with van der Waals surface area (Å²) in [6.07, 6.45) is 7.33. The highest BCUT2D eigenvalue weighted by atomic mass is 16.1. The molecule has 116 valence electrons. The van der Waals surface area contributed by atoms with Crippen LogP contribution in [-0.2, 0) is 10.2 Å². The zero-order valence-corrected chi connectivity index (χ0v) is 13.3. The molecular weight excluding hydrogens is 282 g/mol. The first-order valence-corrected chi connectivity index (χ1v) is 7.54. The maximum absolute atomic E-state index is 12.7. The van der Waals surface area contributed by atoms with Crippen molar-refractivity contribution in [1.29, 1.82) is 0 Å². The molecule has 0 aliphatic heterocycles. The number of benzene rings is 2. The Kier molecular flexibility index (Phi) is 5.32. The molecule has 2 heteroatoms. The molecule has 2 aromatic carbocycles. The largest absolute Gasteiger partial charge is 0.368 e. The summed E-state index contributed by atoms with van der Waals surface area (Å²) in [5.74, 6) is -0.416. The Labute approximate surface area is 137 Å². The van der Waals surface area contributed by atoms with Crippen molar-refractivity contribution < 1.29 is 4.79 Å². The monoisotopic (exact) mass is 303 g/mol. The fourth-order valence-electron chi connectivity index (χ4n) is 2.92. The van der Waals surface area contributed by atoms with E-state index in [-0.39, 0.29) is 0 Å². The average Bonchev–Trinajstić information content (AvgIpc) is 2.58. The van der Waals surface area contributed by atoms with Crippen molar-refractivity contribution in [3.05, 3.63) is 108 Å². The molecule has 0 aliphatic rings. The zero-order valence-electron chi connectivity index (χ0n) is 13.3. The highest BCUT2D eigenvalue weighted by Crippen LogP contribution is 2.39. The summed E-state index contributed by atoms with van der Waals surface area (Å²) in [6.45, 7) is 5.70. The molecular formula is C21H21NO. The Hall–Kier alpha value is -2.87. The number of carbonyl (C=O) groups excluding carboxylic acids is 1. The summed E-state index contributed by atoms with van der Waals surface area (Å²) in [5, 5.41) is 0. The Morgan fingerprint density at radius 1 is 1.00 bits per heavy atom. The van der Waals surface area contributed by atoms with Crippen molar-refractivity contribution in [3.63, 3.8) is 0 Å². The van der Waals surface area contributed by atoms with Crippen LogP contribution >= 0.6 is 0 Å². The number of hydrogen-bond acceptors (Lipinski definition) is 1. The van der Waals surface area contributed by atoms with Crippen LogP contribution < -0.4 is 5.73 Å². The number of allylic oxidation sites excluding steroid dienone is 4. The molecule has 2 rings (SSSR count). The van der Waals surface area contributed by atoms with Gasteiger partial charge in [-0.2, -0.15) is 0 Å². The van der Waals surface area contributed by atoms with Gasteiger partial charge in [0.1, 0.15) is 5.41 Å². The summed E-state index contributed by atoms with van der Waals surface area (Å²) in [6, 6.07) is 19.2. The van der Waals surface area contributed by atoms with E-state index in [1.54, 1.807) is 6.08 Å². The fraction of sp³-hybridized carbons (Fsp3) is 0.0952. The predicted octanol–water partition coefficient (Wildman–Crippen LogP) is 4.15. The van der Waals surface area contributed by atoms with Gasteiger partial charge in [0.25, 0.3) is 0 Å². The highest BCUT2D eigenvalue weighted by Gasteiger charge is 2.42. The fourth-order valence-corrected chi connectivity index (χ4v) is 2.92. The van der Waals surface area contributed by atoms with Gasteiger partial charge in [-0.05, 0) is 23.6 Å². The Morgan fingerprint density at radius 3 is 1.83 bits per heavy atom. The maximum atomic E-state index is 12.7. The summed E-state index contributed by atoms with van der Waals surface area (Å²) < 4.78 is 0. The Morgan fingerprint density at radius 2 is 1.48 bits per heavy atom. The van der Waals surface area contributed by atoms with E-state index in [0.29, 0.717) is 0 Å². The van der Waals surface area contributed by atoms with Crippen LogP contribution in [0.4, 0.5) is 0 Å². The van der Waals surface area contributed by atoms with E-state index in [2.05, 4.69) is 6.58 Å². The van der Waals surface area contributed by atoms with Gasteiger partial charge in [0.15, 0.2) is 0 Å². The average molecular weight is 303 g/mol. The molecule has 0 radical (unpaired) electrons. The molecule has 0 atom stereocenters. The van der Waals surface area contributed by atoms with E-state index in [1.165, 1.54) is 0 Å². The predicted molar refractivity (Wildman–Crippen MR) is 96.0 cm³/mol. The van der Waals surface area contributed by atoms with Crippen molar-refractivity contribution in [2.45, 2.75) is 12.3 Å². The Bertz CT molecular complexity index is 687. The lowest BCUT2D eigenvalue weighted by atomic mass is 9.68. The summed E-state index contributed by atoms with van der Waals surface area (Å²) in [4.78, 5) is 12.7. The van der Waals surface area contributed by atoms with E-state index in [0.717, 1.165) is 16.7 Å². The van der Waals surface area contributed by atoms with Crippen LogP contribution in [0.25, 0.3) is 0 Å². The molecule has 0 bridgehead atoms. The van der Waals surface area contributed by atoms with Gasteiger partial charge in [0.2, 0.25) is 5.91 Å². The summed E-state index contributed by atoms with van der Waals surface area (Å²) >= 11 is 0. The van der Waals surface area contributed by atoms with Gasteiger partial charge in [-0.15, -0.1) is 0 Å². The smallest absolute Gasteiger partial charge is 0.237 e. The second-order valence-electron chi connectivity index (χ2n) is 5.20. The molecule has 23 heavy (non-hydrogen) atoms. The minimum Gasteiger partial charge on any atom is -0.368 e. The van der Waals surface area contributed by atoms with Crippen molar-refractivity contribution in [1.82, 2.24) is 0 Å². The second kappa shape index (κ2) is 7.41. The van der Waals surface area contributed by atoms with E-state index in [1.807, 2.05) is 85.8 Å². The molecule has 0 unspecified atom stereocenters. The first-order chi connectivity index (χ1) is 11.2. The third-order valence-corrected chi connectivity index (χ3v) is 3.86. The molecule has 0 spiro atoms. The van der Waals surface area contributed by atoms with Crippen LogP contribution in [-0.4, -0.2) is 5.91 Å². The van der Waals surface area contributed by atoms with Crippen LogP contribution in [0.2, 0.25) is 0 Å². The van der Waals surface area contributed by atoms with Crippen LogP contribution in [0, 0.1) is 0 Å². The van der Waals surface area contributed by atoms with E-state index >= 15 is 0 Å². The number of carbonyl (C=O) groups is 1. The second-order valence-corrected chi connectivity index (χ2v) is 5.20. The normalized spacial score (nSPS) is 12.3. The highest BCUT2D eigenvalue weighted by molar-refractivity contribution is 5.95. The molecule has 0 heterocycles. The van der Waals surface area contributed by atoms with Crippen molar-refractivity contribution in [2.24, 2.45) is 5.73 Å². The number of primary amides is 1. The molecule has 0 aromatic heterocycles.